The second kappa shape index (κ2) is 7.89. The summed E-state index contributed by atoms with van der Waals surface area (Å²) in [5.41, 5.74) is 4.52. The summed E-state index contributed by atoms with van der Waals surface area (Å²) in [7, 11) is 0. The van der Waals surface area contributed by atoms with Gasteiger partial charge in [-0.2, -0.15) is 5.10 Å². The molecule has 6 rings (SSSR count). The van der Waals surface area contributed by atoms with E-state index < -0.39 is 6.10 Å². The second-order valence-electron chi connectivity index (χ2n) is 9.64. The Hall–Kier alpha value is -3.30. The number of aliphatic hydroxyl groups excluding tert-OH is 1. The van der Waals surface area contributed by atoms with Crippen LogP contribution in [0, 0.1) is 12.3 Å². The normalized spacial score (nSPS) is 20.8. The Morgan fingerprint density at radius 1 is 1.12 bits per heavy atom. The van der Waals surface area contributed by atoms with E-state index in [0.717, 1.165) is 60.4 Å². The van der Waals surface area contributed by atoms with Crippen molar-refractivity contribution in [3.63, 3.8) is 0 Å². The van der Waals surface area contributed by atoms with Gasteiger partial charge in [0.2, 0.25) is 5.91 Å². The Kier molecular flexibility index (Phi) is 4.93. The van der Waals surface area contributed by atoms with Gasteiger partial charge in [-0.25, -0.2) is 14.3 Å². The zero-order valence-electron chi connectivity index (χ0n) is 19.1. The van der Waals surface area contributed by atoms with Crippen LogP contribution in [0.1, 0.15) is 52.4 Å². The van der Waals surface area contributed by atoms with Crippen LogP contribution in [-0.4, -0.2) is 62.7 Å². The van der Waals surface area contributed by atoms with Crippen LogP contribution in [0.3, 0.4) is 0 Å². The van der Waals surface area contributed by atoms with Crippen molar-refractivity contribution < 1.29 is 19.4 Å². The van der Waals surface area contributed by atoms with Crippen molar-refractivity contribution in [2.24, 2.45) is 5.41 Å². The minimum Gasteiger partial charge on any atom is -0.457 e. The molecule has 5 heterocycles. The van der Waals surface area contributed by atoms with Gasteiger partial charge in [0.05, 0.1) is 29.0 Å². The number of aliphatic hydroxyl groups is 1. The highest BCUT2D eigenvalue weighted by molar-refractivity contribution is 6.00. The summed E-state index contributed by atoms with van der Waals surface area (Å²) in [4.78, 5) is 33.5. The number of carbonyl (C=O) groups excluding carboxylic acids is 2. The molecule has 1 amide bonds. The molecule has 2 aromatic heterocycles. The Morgan fingerprint density at radius 3 is 2.74 bits per heavy atom. The molecular weight excluding hydrogens is 434 g/mol. The maximum absolute atomic E-state index is 13.5. The van der Waals surface area contributed by atoms with E-state index in [4.69, 9.17) is 4.74 Å². The molecular formula is C25H27N5O4. The molecule has 2 saturated heterocycles. The number of amides is 1. The quantitative estimate of drug-likeness (QED) is 0.595. The molecule has 0 unspecified atom stereocenters. The second-order valence-corrected chi connectivity index (χ2v) is 9.64. The fourth-order valence-corrected chi connectivity index (χ4v) is 5.73. The first-order valence-corrected chi connectivity index (χ1v) is 11.8. The average molecular weight is 462 g/mol. The van der Waals surface area contributed by atoms with Gasteiger partial charge in [-0.15, -0.1) is 0 Å². The molecule has 34 heavy (non-hydrogen) atoms. The van der Waals surface area contributed by atoms with Crippen molar-refractivity contribution in [1.29, 1.82) is 0 Å². The van der Waals surface area contributed by atoms with E-state index in [1.807, 2.05) is 36.2 Å². The minimum atomic E-state index is -0.653. The van der Waals surface area contributed by atoms with Crippen molar-refractivity contribution in [2.45, 2.75) is 38.9 Å². The van der Waals surface area contributed by atoms with Crippen molar-refractivity contribution in [3.05, 3.63) is 59.0 Å². The molecule has 1 N–H and O–H groups in total. The zero-order valence-corrected chi connectivity index (χ0v) is 19.1. The number of hydrogen-bond acceptors (Lipinski definition) is 7. The molecule has 0 bridgehead atoms. The van der Waals surface area contributed by atoms with Crippen molar-refractivity contribution in [3.8, 4) is 0 Å². The van der Waals surface area contributed by atoms with Crippen LogP contribution < -0.4 is 4.90 Å². The summed E-state index contributed by atoms with van der Waals surface area (Å²) in [6.07, 6.45) is 5.13. The highest BCUT2D eigenvalue weighted by Crippen LogP contribution is 2.43. The first kappa shape index (κ1) is 21.2. The fraction of sp³-hybridized carbons (Fsp3) is 0.440. The lowest BCUT2D eigenvalue weighted by molar-refractivity contribution is -0.128. The first-order valence-electron chi connectivity index (χ1n) is 11.8. The molecule has 3 aromatic rings. The van der Waals surface area contributed by atoms with Crippen LogP contribution in [-0.2, 0) is 16.1 Å². The van der Waals surface area contributed by atoms with Gasteiger partial charge < -0.3 is 19.6 Å². The Bertz CT molecular complexity index is 1290. The number of fused-ring (bicyclic) bond motifs is 2. The number of aromatic nitrogens is 3. The molecule has 3 aliphatic rings. The molecule has 1 spiro atoms. The Balaban J connectivity index is 1.11. The van der Waals surface area contributed by atoms with E-state index >= 15 is 0 Å². The number of carbonyl (C=O) groups is 2. The maximum Gasteiger partial charge on any atom is 0.338 e. The van der Waals surface area contributed by atoms with Crippen LogP contribution >= 0.6 is 0 Å². The van der Waals surface area contributed by atoms with Crippen LogP contribution in [0.4, 0.5) is 5.69 Å². The molecule has 9 heteroatoms. The van der Waals surface area contributed by atoms with Gasteiger partial charge in [-0.3, -0.25) is 4.79 Å². The molecule has 3 aliphatic heterocycles. The Labute approximate surface area is 196 Å². The lowest BCUT2D eigenvalue weighted by atomic mass is 9.77. The number of likely N-dealkylation sites (tertiary alicyclic amines) is 1. The number of ether oxygens (including phenoxy) is 1. The average Bonchev–Trinajstić information content (AvgIpc) is 3.54. The fourth-order valence-electron chi connectivity index (χ4n) is 5.73. The van der Waals surface area contributed by atoms with Crippen LogP contribution in [0.5, 0.6) is 0 Å². The number of rotatable bonds is 4. The SMILES string of the molecule is Cc1c([C@@H](O)CN2CCC3(CC2)CCN(c2ccc4ncnn4c2)C3=O)ccc2c1COC2=O. The third-order valence-corrected chi connectivity index (χ3v) is 7.89. The standard InChI is InChI=1S/C25H27N5O4/c1-16-18(3-4-19-20(16)14-34-23(19)32)21(31)13-28-9-6-25(7-10-28)8-11-29(24(25)33)17-2-5-22-26-15-27-30(22)12-17/h2-5,12,15,21,31H,6-11,13-14H2,1H3/t21-/m0/s1. The van der Waals surface area contributed by atoms with Crippen molar-refractivity contribution in [1.82, 2.24) is 19.5 Å². The molecule has 9 nitrogen and oxygen atoms in total. The topological polar surface area (TPSA) is 100 Å². The number of benzene rings is 1. The van der Waals surface area contributed by atoms with E-state index in [1.165, 1.54) is 6.33 Å². The molecule has 2 fully saturated rings. The number of cyclic esters (lactones) is 1. The number of piperidine rings is 1. The molecule has 0 radical (unpaired) electrons. The number of β-amino-alcohol motifs (C(OH)–C–C–N with tert-alkyl or cyclic N) is 1. The Morgan fingerprint density at radius 2 is 1.91 bits per heavy atom. The highest BCUT2D eigenvalue weighted by atomic mass is 16.5. The molecule has 1 atom stereocenters. The summed E-state index contributed by atoms with van der Waals surface area (Å²) in [6.45, 7) is 4.96. The smallest absolute Gasteiger partial charge is 0.338 e. The van der Waals surface area contributed by atoms with Gasteiger partial charge in [0.15, 0.2) is 5.65 Å². The van der Waals surface area contributed by atoms with Crippen molar-refractivity contribution >= 4 is 23.2 Å². The van der Waals surface area contributed by atoms with Crippen LogP contribution in [0.25, 0.3) is 5.65 Å². The monoisotopic (exact) mass is 461 g/mol. The minimum absolute atomic E-state index is 0.186. The molecule has 176 valence electrons. The van der Waals surface area contributed by atoms with Gasteiger partial charge in [-0.1, -0.05) is 6.07 Å². The predicted octanol–water partition coefficient (Wildman–Crippen LogP) is 2.26. The van der Waals surface area contributed by atoms with Crippen molar-refractivity contribution in [2.75, 3.05) is 31.1 Å². The molecule has 1 aromatic carbocycles. The number of anilines is 1. The largest absolute Gasteiger partial charge is 0.457 e. The van der Waals surface area contributed by atoms with Gasteiger partial charge in [0.1, 0.15) is 12.9 Å². The predicted molar refractivity (Wildman–Crippen MR) is 123 cm³/mol. The van der Waals surface area contributed by atoms with E-state index in [-0.39, 0.29) is 23.9 Å². The maximum atomic E-state index is 13.5. The number of hydrogen-bond donors (Lipinski definition) is 1. The summed E-state index contributed by atoms with van der Waals surface area (Å²) in [6, 6.07) is 7.41. The summed E-state index contributed by atoms with van der Waals surface area (Å²) >= 11 is 0. The highest BCUT2D eigenvalue weighted by Gasteiger charge is 2.48. The molecule has 0 saturated carbocycles. The van der Waals surface area contributed by atoms with Crippen LogP contribution in [0.15, 0.2) is 36.8 Å². The van der Waals surface area contributed by atoms with E-state index in [0.29, 0.717) is 18.7 Å². The molecule has 0 aliphatic carbocycles. The number of esters is 1. The summed E-state index contributed by atoms with van der Waals surface area (Å²) < 4.78 is 6.83. The number of nitrogens with zero attached hydrogens (tertiary/aromatic N) is 5. The van der Waals surface area contributed by atoms with Crippen LogP contribution in [0.2, 0.25) is 0 Å². The number of pyridine rings is 1. The van der Waals surface area contributed by atoms with Gasteiger partial charge in [0, 0.05) is 18.7 Å². The lowest BCUT2D eigenvalue weighted by Gasteiger charge is -2.38. The van der Waals surface area contributed by atoms with E-state index in [2.05, 4.69) is 15.0 Å². The van der Waals surface area contributed by atoms with Gasteiger partial charge in [0.25, 0.3) is 0 Å². The lowest BCUT2D eigenvalue weighted by Crippen LogP contribution is -2.45. The zero-order chi connectivity index (χ0) is 23.4. The summed E-state index contributed by atoms with van der Waals surface area (Å²) in [5.74, 6) is -0.108. The first-order chi connectivity index (χ1) is 16.4. The van der Waals surface area contributed by atoms with E-state index in [1.54, 1.807) is 10.6 Å². The third kappa shape index (κ3) is 3.30. The van der Waals surface area contributed by atoms with Gasteiger partial charge in [-0.05, 0) is 68.6 Å². The third-order valence-electron chi connectivity index (χ3n) is 7.89. The van der Waals surface area contributed by atoms with Gasteiger partial charge >= 0.3 is 5.97 Å². The summed E-state index contributed by atoms with van der Waals surface area (Å²) in [5, 5.41) is 15.1. The van der Waals surface area contributed by atoms with E-state index in [9.17, 15) is 14.7 Å².